The van der Waals surface area contributed by atoms with E-state index in [4.69, 9.17) is 5.11 Å². The van der Waals surface area contributed by atoms with Crippen molar-refractivity contribution in [2.24, 2.45) is 5.92 Å². The van der Waals surface area contributed by atoms with E-state index in [1.165, 1.54) is 0 Å². The number of carbonyl (C=O) groups is 3. The van der Waals surface area contributed by atoms with Gasteiger partial charge in [-0.15, -0.1) is 0 Å². The highest BCUT2D eigenvalue weighted by Crippen LogP contribution is 2.22. The van der Waals surface area contributed by atoms with Crippen molar-refractivity contribution in [3.05, 3.63) is 35.4 Å². The number of nitrogens with zero attached hydrogens (tertiary/aromatic N) is 2. The van der Waals surface area contributed by atoms with Crippen molar-refractivity contribution in [2.45, 2.75) is 38.5 Å². The van der Waals surface area contributed by atoms with Gasteiger partial charge in [0, 0.05) is 39.0 Å². The molecular weight excluding hydrogens is 332 g/mol. The van der Waals surface area contributed by atoms with E-state index in [1.54, 1.807) is 18.2 Å². The van der Waals surface area contributed by atoms with Gasteiger partial charge in [0.25, 0.3) is 0 Å². The third-order valence-corrected chi connectivity index (χ3v) is 5.35. The number of aromatic carboxylic acids is 1. The SMILES string of the molecule is O=C(O)c1cccc(C[C@H]2CCN(C(=O)CCN3CCCCC3=O)C2)c1. The third-order valence-electron chi connectivity index (χ3n) is 5.35. The van der Waals surface area contributed by atoms with Crippen LogP contribution < -0.4 is 0 Å². The van der Waals surface area contributed by atoms with E-state index in [0.29, 0.717) is 37.4 Å². The summed E-state index contributed by atoms with van der Waals surface area (Å²) in [5.41, 5.74) is 1.31. The number of piperidine rings is 1. The molecule has 0 aliphatic carbocycles. The Morgan fingerprint density at radius 3 is 2.81 bits per heavy atom. The lowest BCUT2D eigenvalue weighted by atomic mass is 9.97. The Kier molecular flexibility index (Phi) is 5.91. The van der Waals surface area contributed by atoms with Crippen LogP contribution in [0.5, 0.6) is 0 Å². The molecule has 3 rings (SSSR count). The lowest BCUT2D eigenvalue weighted by Crippen LogP contribution is -2.39. The molecule has 0 spiro atoms. The van der Waals surface area contributed by atoms with Gasteiger partial charge < -0.3 is 14.9 Å². The Morgan fingerprint density at radius 2 is 2.04 bits per heavy atom. The highest BCUT2D eigenvalue weighted by molar-refractivity contribution is 5.87. The first-order valence-corrected chi connectivity index (χ1v) is 9.40. The highest BCUT2D eigenvalue weighted by atomic mass is 16.4. The van der Waals surface area contributed by atoms with Gasteiger partial charge in [0.05, 0.1) is 5.56 Å². The Morgan fingerprint density at radius 1 is 1.19 bits per heavy atom. The monoisotopic (exact) mass is 358 g/mol. The lowest BCUT2D eigenvalue weighted by molar-refractivity contribution is -0.135. The number of hydrogen-bond donors (Lipinski definition) is 1. The zero-order valence-corrected chi connectivity index (χ0v) is 15.0. The van der Waals surface area contributed by atoms with Gasteiger partial charge in [-0.3, -0.25) is 9.59 Å². The van der Waals surface area contributed by atoms with E-state index in [0.717, 1.165) is 44.3 Å². The fourth-order valence-corrected chi connectivity index (χ4v) is 3.88. The minimum Gasteiger partial charge on any atom is -0.478 e. The molecule has 0 unspecified atom stereocenters. The lowest BCUT2D eigenvalue weighted by Gasteiger charge is -2.27. The van der Waals surface area contributed by atoms with E-state index in [2.05, 4.69) is 0 Å². The molecule has 2 fully saturated rings. The van der Waals surface area contributed by atoms with Gasteiger partial charge in [-0.1, -0.05) is 12.1 Å². The summed E-state index contributed by atoms with van der Waals surface area (Å²) in [6, 6.07) is 7.03. The first-order chi connectivity index (χ1) is 12.5. The standard InChI is InChI=1S/C20H26N2O4/c23-18-6-1-2-9-21(18)11-8-19(24)22-10-7-16(14-22)12-15-4-3-5-17(13-15)20(25)26/h3-5,13,16H,1-2,6-12,14H2,(H,25,26)/t16-/m1/s1. The Labute approximate surface area is 153 Å². The van der Waals surface area contributed by atoms with Crippen molar-refractivity contribution < 1.29 is 19.5 Å². The highest BCUT2D eigenvalue weighted by Gasteiger charge is 2.27. The first kappa shape index (κ1) is 18.4. The molecule has 1 N–H and O–H groups in total. The minimum atomic E-state index is -0.915. The molecule has 1 aromatic rings. The molecule has 0 saturated carbocycles. The van der Waals surface area contributed by atoms with Gasteiger partial charge in [0.15, 0.2) is 0 Å². The second-order valence-electron chi connectivity index (χ2n) is 7.29. The molecule has 1 atom stereocenters. The molecular formula is C20H26N2O4. The van der Waals surface area contributed by atoms with Crippen LogP contribution in [-0.2, 0) is 16.0 Å². The van der Waals surface area contributed by atoms with Crippen LogP contribution in [0.25, 0.3) is 0 Å². The predicted molar refractivity (Wildman–Crippen MR) is 96.8 cm³/mol. The molecule has 2 heterocycles. The smallest absolute Gasteiger partial charge is 0.335 e. The second-order valence-corrected chi connectivity index (χ2v) is 7.29. The van der Waals surface area contributed by atoms with Crippen molar-refractivity contribution in [2.75, 3.05) is 26.2 Å². The summed E-state index contributed by atoms with van der Waals surface area (Å²) in [5.74, 6) is -0.270. The van der Waals surface area contributed by atoms with E-state index in [9.17, 15) is 14.4 Å². The fraction of sp³-hybridized carbons (Fsp3) is 0.550. The Balaban J connectivity index is 1.47. The molecule has 0 radical (unpaired) electrons. The summed E-state index contributed by atoms with van der Waals surface area (Å²) in [7, 11) is 0. The Bertz CT molecular complexity index is 688. The van der Waals surface area contributed by atoms with Gasteiger partial charge in [-0.25, -0.2) is 4.79 Å². The number of likely N-dealkylation sites (tertiary alicyclic amines) is 2. The van der Waals surface area contributed by atoms with Crippen molar-refractivity contribution >= 4 is 17.8 Å². The van der Waals surface area contributed by atoms with Crippen LogP contribution in [0.2, 0.25) is 0 Å². The van der Waals surface area contributed by atoms with Crippen LogP contribution in [0.1, 0.15) is 48.0 Å². The molecule has 140 valence electrons. The number of carboxylic acids is 1. The quantitative estimate of drug-likeness (QED) is 0.845. The molecule has 2 aliphatic heterocycles. The number of carbonyl (C=O) groups excluding carboxylic acids is 2. The van der Waals surface area contributed by atoms with Crippen molar-refractivity contribution in [1.82, 2.24) is 9.80 Å². The maximum absolute atomic E-state index is 12.4. The normalized spacial score (nSPS) is 20.5. The van der Waals surface area contributed by atoms with E-state index < -0.39 is 5.97 Å². The first-order valence-electron chi connectivity index (χ1n) is 9.40. The fourth-order valence-electron chi connectivity index (χ4n) is 3.88. The number of amides is 2. The number of rotatable bonds is 6. The van der Waals surface area contributed by atoms with Crippen LogP contribution in [0, 0.1) is 5.92 Å². The van der Waals surface area contributed by atoms with Gasteiger partial charge in [0.1, 0.15) is 0 Å². The van der Waals surface area contributed by atoms with Crippen molar-refractivity contribution in [1.29, 1.82) is 0 Å². The molecule has 2 saturated heterocycles. The molecule has 2 amide bonds. The average Bonchev–Trinajstić information content (AvgIpc) is 3.09. The zero-order chi connectivity index (χ0) is 18.5. The Hall–Kier alpha value is -2.37. The van der Waals surface area contributed by atoms with Crippen LogP contribution in [0.15, 0.2) is 24.3 Å². The molecule has 0 bridgehead atoms. The van der Waals surface area contributed by atoms with Crippen LogP contribution in [0.3, 0.4) is 0 Å². The molecule has 0 aromatic heterocycles. The summed E-state index contributed by atoms with van der Waals surface area (Å²) >= 11 is 0. The number of benzene rings is 1. The average molecular weight is 358 g/mol. The van der Waals surface area contributed by atoms with E-state index in [-0.39, 0.29) is 11.8 Å². The van der Waals surface area contributed by atoms with Crippen molar-refractivity contribution in [3.8, 4) is 0 Å². The van der Waals surface area contributed by atoms with Crippen LogP contribution >= 0.6 is 0 Å². The summed E-state index contributed by atoms with van der Waals surface area (Å²) < 4.78 is 0. The minimum absolute atomic E-state index is 0.116. The van der Waals surface area contributed by atoms with Gasteiger partial charge >= 0.3 is 5.97 Å². The van der Waals surface area contributed by atoms with E-state index >= 15 is 0 Å². The van der Waals surface area contributed by atoms with E-state index in [1.807, 2.05) is 15.9 Å². The number of hydrogen-bond acceptors (Lipinski definition) is 3. The molecule has 2 aliphatic rings. The summed E-state index contributed by atoms with van der Waals surface area (Å²) in [4.78, 5) is 39.0. The van der Waals surface area contributed by atoms with Gasteiger partial charge in [-0.05, 0) is 49.3 Å². The molecule has 6 heteroatoms. The summed E-state index contributed by atoms with van der Waals surface area (Å²) in [5, 5.41) is 9.09. The van der Waals surface area contributed by atoms with Crippen LogP contribution in [0.4, 0.5) is 0 Å². The maximum atomic E-state index is 12.4. The molecule has 26 heavy (non-hydrogen) atoms. The zero-order valence-electron chi connectivity index (χ0n) is 15.0. The predicted octanol–water partition coefficient (Wildman–Crippen LogP) is 2.18. The number of carboxylic acid groups (broad SMARTS) is 1. The molecule has 1 aromatic carbocycles. The molecule has 6 nitrogen and oxygen atoms in total. The maximum Gasteiger partial charge on any atom is 0.335 e. The largest absolute Gasteiger partial charge is 0.478 e. The van der Waals surface area contributed by atoms with Gasteiger partial charge in [-0.2, -0.15) is 0 Å². The van der Waals surface area contributed by atoms with Gasteiger partial charge in [0.2, 0.25) is 11.8 Å². The van der Waals surface area contributed by atoms with Crippen LogP contribution in [-0.4, -0.2) is 58.9 Å². The van der Waals surface area contributed by atoms with Crippen molar-refractivity contribution in [3.63, 3.8) is 0 Å². The second kappa shape index (κ2) is 8.34. The summed E-state index contributed by atoms with van der Waals surface area (Å²) in [6.45, 7) is 2.76. The summed E-state index contributed by atoms with van der Waals surface area (Å²) in [6.07, 6.45) is 4.71. The topological polar surface area (TPSA) is 77.9 Å². The third kappa shape index (κ3) is 4.62.